The van der Waals surface area contributed by atoms with Crippen molar-refractivity contribution in [3.05, 3.63) is 28.0 Å². The van der Waals surface area contributed by atoms with Gasteiger partial charge in [0, 0.05) is 13.1 Å². The maximum Gasteiger partial charge on any atom is 0.208 e. The van der Waals surface area contributed by atoms with Gasteiger partial charge in [-0.25, -0.2) is 17.5 Å². The minimum absolute atomic E-state index is 0.0890. The van der Waals surface area contributed by atoms with Gasteiger partial charge >= 0.3 is 0 Å². The Bertz CT molecular complexity index is 584. The van der Waals surface area contributed by atoms with Crippen LogP contribution >= 0.6 is 15.9 Å². The summed E-state index contributed by atoms with van der Waals surface area (Å²) in [7, 11) is -3.24. The van der Waals surface area contributed by atoms with Crippen molar-refractivity contribution in [2.24, 2.45) is 0 Å². The molecule has 0 radical (unpaired) electrons. The lowest BCUT2D eigenvalue weighted by Crippen LogP contribution is -2.27. The average Bonchev–Trinajstić information content (AvgIpc) is 2.28. The Balaban J connectivity index is 2.65. The first kappa shape index (κ1) is 14.9. The molecule has 1 aromatic rings. The van der Waals surface area contributed by atoms with Crippen LogP contribution in [0.25, 0.3) is 0 Å². The van der Waals surface area contributed by atoms with E-state index in [1.54, 1.807) is 0 Å². The summed E-state index contributed by atoms with van der Waals surface area (Å²) in [6, 6.07) is 4.75. The number of halogens is 2. The molecular formula is C10H11BrFN3O2S. The van der Waals surface area contributed by atoms with Crippen molar-refractivity contribution in [3.8, 4) is 6.07 Å². The number of hydrogen-bond donors (Lipinski definition) is 2. The molecule has 18 heavy (non-hydrogen) atoms. The Morgan fingerprint density at radius 2 is 2.11 bits per heavy atom. The van der Waals surface area contributed by atoms with Gasteiger partial charge in [0.15, 0.2) is 5.82 Å². The van der Waals surface area contributed by atoms with Gasteiger partial charge in [-0.05, 0) is 28.1 Å². The molecule has 0 aromatic heterocycles. The van der Waals surface area contributed by atoms with Gasteiger partial charge in [0.2, 0.25) is 10.0 Å². The van der Waals surface area contributed by atoms with Crippen molar-refractivity contribution >= 4 is 31.6 Å². The molecule has 0 aliphatic rings. The van der Waals surface area contributed by atoms with E-state index < -0.39 is 15.8 Å². The van der Waals surface area contributed by atoms with E-state index in [4.69, 9.17) is 5.26 Å². The number of nitrogens with one attached hydrogen (secondary N) is 2. The van der Waals surface area contributed by atoms with Crippen LogP contribution in [0.1, 0.15) is 5.56 Å². The molecule has 0 aliphatic carbocycles. The molecule has 0 atom stereocenters. The van der Waals surface area contributed by atoms with Gasteiger partial charge in [0.1, 0.15) is 6.07 Å². The zero-order chi connectivity index (χ0) is 13.8. The van der Waals surface area contributed by atoms with Gasteiger partial charge in [-0.15, -0.1) is 0 Å². The largest absolute Gasteiger partial charge is 0.381 e. The minimum atomic E-state index is -3.24. The maximum atomic E-state index is 13.7. The van der Waals surface area contributed by atoms with Crippen LogP contribution in [0.4, 0.5) is 10.1 Å². The van der Waals surface area contributed by atoms with E-state index in [2.05, 4.69) is 26.0 Å². The van der Waals surface area contributed by atoms with E-state index in [-0.39, 0.29) is 28.8 Å². The Labute approximate surface area is 113 Å². The third-order valence-electron chi connectivity index (χ3n) is 2.01. The molecule has 5 nitrogen and oxygen atoms in total. The second-order valence-electron chi connectivity index (χ2n) is 3.49. The van der Waals surface area contributed by atoms with Crippen molar-refractivity contribution in [1.82, 2.24) is 4.72 Å². The lowest BCUT2D eigenvalue weighted by molar-refractivity contribution is 0.589. The van der Waals surface area contributed by atoms with Gasteiger partial charge < -0.3 is 5.32 Å². The Kier molecular flexibility index (Phi) is 5.07. The van der Waals surface area contributed by atoms with Crippen LogP contribution in [0, 0.1) is 17.1 Å². The minimum Gasteiger partial charge on any atom is -0.381 e. The fourth-order valence-corrected chi connectivity index (χ4v) is 2.11. The summed E-state index contributed by atoms with van der Waals surface area (Å²) in [6.07, 6.45) is 1.05. The summed E-state index contributed by atoms with van der Waals surface area (Å²) in [5.74, 6) is -0.576. The third kappa shape index (κ3) is 4.25. The summed E-state index contributed by atoms with van der Waals surface area (Å²) in [4.78, 5) is 0. The summed E-state index contributed by atoms with van der Waals surface area (Å²) in [6.45, 7) is 0.387. The summed E-state index contributed by atoms with van der Waals surface area (Å²) in [5, 5.41) is 11.4. The topological polar surface area (TPSA) is 82.0 Å². The SMILES string of the molecule is CS(=O)(=O)NCCNc1ccc(C#N)c(Br)c1F. The Morgan fingerprint density at radius 1 is 1.44 bits per heavy atom. The number of nitriles is 1. The Hall–Kier alpha value is -1.17. The quantitative estimate of drug-likeness (QED) is 0.797. The van der Waals surface area contributed by atoms with E-state index in [9.17, 15) is 12.8 Å². The predicted octanol–water partition coefficient (Wildman–Crippen LogP) is 1.42. The molecule has 1 aromatic carbocycles. The van der Waals surface area contributed by atoms with Crippen molar-refractivity contribution < 1.29 is 12.8 Å². The van der Waals surface area contributed by atoms with Crippen LogP contribution in [0.5, 0.6) is 0 Å². The van der Waals surface area contributed by atoms with E-state index in [0.717, 1.165) is 6.26 Å². The second kappa shape index (κ2) is 6.13. The van der Waals surface area contributed by atoms with Crippen LogP contribution in [0.2, 0.25) is 0 Å². The van der Waals surface area contributed by atoms with E-state index in [0.29, 0.717) is 0 Å². The molecule has 0 aliphatic heterocycles. The number of benzene rings is 1. The molecule has 0 spiro atoms. The van der Waals surface area contributed by atoms with Crippen LogP contribution in [0.15, 0.2) is 16.6 Å². The first-order chi connectivity index (χ1) is 8.35. The maximum absolute atomic E-state index is 13.7. The predicted molar refractivity (Wildman–Crippen MR) is 70.2 cm³/mol. The second-order valence-corrected chi connectivity index (χ2v) is 6.12. The highest BCUT2D eigenvalue weighted by Gasteiger charge is 2.10. The molecule has 8 heteroatoms. The molecule has 0 fully saturated rings. The molecular weight excluding hydrogens is 325 g/mol. The Morgan fingerprint density at radius 3 is 2.67 bits per heavy atom. The number of anilines is 1. The average molecular weight is 336 g/mol. The molecule has 0 amide bonds. The molecule has 1 rings (SSSR count). The highest BCUT2D eigenvalue weighted by atomic mass is 79.9. The van der Waals surface area contributed by atoms with Crippen LogP contribution in [-0.2, 0) is 10.0 Å². The third-order valence-corrected chi connectivity index (χ3v) is 3.51. The zero-order valence-corrected chi connectivity index (χ0v) is 11.9. The first-order valence-electron chi connectivity index (χ1n) is 4.92. The van der Waals surface area contributed by atoms with Crippen molar-refractivity contribution in [3.63, 3.8) is 0 Å². The van der Waals surface area contributed by atoms with Crippen LogP contribution < -0.4 is 10.0 Å². The van der Waals surface area contributed by atoms with Gasteiger partial charge in [-0.2, -0.15) is 5.26 Å². The first-order valence-corrected chi connectivity index (χ1v) is 7.60. The molecule has 0 unspecified atom stereocenters. The molecule has 2 N–H and O–H groups in total. The fraction of sp³-hybridized carbons (Fsp3) is 0.300. The standard InChI is InChI=1S/C10H11BrFN3O2S/c1-18(16,17)15-5-4-14-8-3-2-7(6-13)9(11)10(8)12/h2-3,14-15H,4-5H2,1H3. The monoisotopic (exact) mass is 335 g/mol. The molecule has 0 heterocycles. The van der Waals surface area contributed by atoms with E-state index in [1.807, 2.05) is 6.07 Å². The highest BCUT2D eigenvalue weighted by molar-refractivity contribution is 9.10. The number of sulfonamides is 1. The molecule has 0 saturated carbocycles. The van der Waals surface area contributed by atoms with Crippen molar-refractivity contribution in [1.29, 1.82) is 5.26 Å². The number of hydrogen-bond acceptors (Lipinski definition) is 4. The molecule has 0 saturated heterocycles. The van der Waals surface area contributed by atoms with E-state index in [1.165, 1.54) is 12.1 Å². The van der Waals surface area contributed by atoms with Gasteiger partial charge in [0.25, 0.3) is 0 Å². The summed E-state index contributed by atoms with van der Waals surface area (Å²) >= 11 is 2.98. The van der Waals surface area contributed by atoms with Gasteiger partial charge in [-0.3, -0.25) is 0 Å². The van der Waals surface area contributed by atoms with Crippen LogP contribution in [0.3, 0.4) is 0 Å². The summed E-state index contributed by atoms with van der Waals surface area (Å²) in [5.41, 5.74) is 0.406. The lowest BCUT2D eigenvalue weighted by Gasteiger charge is -2.09. The number of nitrogens with zero attached hydrogens (tertiary/aromatic N) is 1. The normalized spacial score (nSPS) is 11.0. The molecule has 98 valence electrons. The van der Waals surface area contributed by atoms with Crippen molar-refractivity contribution in [2.75, 3.05) is 24.7 Å². The highest BCUT2D eigenvalue weighted by Crippen LogP contribution is 2.26. The molecule has 0 bridgehead atoms. The zero-order valence-electron chi connectivity index (χ0n) is 9.50. The lowest BCUT2D eigenvalue weighted by atomic mass is 10.2. The van der Waals surface area contributed by atoms with Gasteiger partial charge in [-0.1, -0.05) is 0 Å². The fourth-order valence-electron chi connectivity index (χ4n) is 1.21. The van der Waals surface area contributed by atoms with Crippen molar-refractivity contribution in [2.45, 2.75) is 0 Å². The summed E-state index contributed by atoms with van der Waals surface area (Å²) < 4.78 is 37.7. The van der Waals surface area contributed by atoms with E-state index >= 15 is 0 Å². The number of rotatable bonds is 5. The smallest absolute Gasteiger partial charge is 0.208 e. The van der Waals surface area contributed by atoms with Gasteiger partial charge in [0.05, 0.1) is 22.0 Å². The van der Waals surface area contributed by atoms with Crippen LogP contribution in [-0.4, -0.2) is 27.8 Å².